The molecule has 1 amide bonds. The van der Waals surface area contributed by atoms with E-state index in [0.717, 1.165) is 30.5 Å². The molecule has 28 heavy (non-hydrogen) atoms. The van der Waals surface area contributed by atoms with Gasteiger partial charge in [0.1, 0.15) is 5.69 Å². The summed E-state index contributed by atoms with van der Waals surface area (Å²) in [5.41, 5.74) is 2.08. The minimum absolute atomic E-state index is 0.0888. The van der Waals surface area contributed by atoms with Crippen molar-refractivity contribution in [1.29, 1.82) is 0 Å². The van der Waals surface area contributed by atoms with Crippen molar-refractivity contribution in [3.05, 3.63) is 59.8 Å². The lowest BCUT2D eigenvalue weighted by atomic mass is 10.2. The van der Waals surface area contributed by atoms with Crippen molar-refractivity contribution in [3.8, 4) is 0 Å². The van der Waals surface area contributed by atoms with Gasteiger partial charge in [-0.2, -0.15) is 5.10 Å². The summed E-state index contributed by atoms with van der Waals surface area (Å²) < 4.78 is 1.67. The Morgan fingerprint density at radius 1 is 1.11 bits per heavy atom. The first-order chi connectivity index (χ1) is 13.6. The largest absolute Gasteiger partial charge is 0.309 e. The van der Waals surface area contributed by atoms with Crippen LogP contribution in [0.15, 0.2) is 42.9 Å². The number of amides is 1. The predicted octanol–water partition coefficient (Wildman–Crippen LogP) is 1.87. The monoisotopic (exact) mass is 379 g/mol. The number of ketones is 1. The molecule has 3 heterocycles. The Morgan fingerprint density at radius 2 is 2.00 bits per heavy atom. The quantitative estimate of drug-likeness (QED) is 0.446. The minimum Gasteiger partial charge on any atom is -0.309 e. The van der Waals surface area contributed by atoms with Crippen molar-refractivity contribution in [3.63, 3.8) is 0 Å². The van der Waals surface area contributed by atoms with E-state index in [4.69, 9.17) is 0 Å². The van der Waals surface area contributed by atoms with Crippen LogP contribution in [0.5, 0.6) is 0 Å². The molecule has 3 aromatic rings. The van der Waals surface area contributed by atoms with Crippen molar-refractivity contribution in [2.45, 2.75) is 39.2 Å². The van der Waals surface area contributed by atoms with Crippen LogP contribution in [0.1, 0.15) is 41.5 Å². The third kappa shape index (κ3) is 5.76. The molecule has 0 saturated heterocycles. The number of nitrogens with zero attached hydrogens (tertiary/aromatic N) is 6. The second-order valence-corrected chi connectivity index (χ2v) is 6.38. The summed E-state index contributed by atoms with van der Waals surface area (Å²) in [5.74, 6) is 0.180. The predicted molar refractivity (Wildman–Crippen MR) is 102 cm³/mol. The Kier molecular flexibility index (Phi) is 6.50. The number of Topliss-reactive ketones (excluding diaryl/α,β-unsaturated/α-hetero) is 1. The maximum Gasteiger partial charge on any atom is 0.230 e. The molecule has 3 rings (SSSR count). The lowest BCUT2D eigenvalue weighted by Crippen LogP contribution is -2.16. The number of hydrogen-bond donors (Lipinski definition) is 1. The highest BCUT2D eigenvalue weighted by Crippen LogP contribution is 2.07. The molecule has 0 bridgehead atoms. The van der Waals surface area contributed by atoms with Gasteiger partial charge in [0.25, 0.3) is 0 Å². The Balaban J connectivity index is 1.40. The molecule has 0 aliphatic carbocycles. The highest BCUT2D eigenvalue weighted by molar-refractivity contribution is 5.91. The summed E-state index contributed by atoms with van der Waals surface area (Å²) in [6.07, 6.45) is 7.78. The average Bonchev–Trinajstić information content (AvgIpc) is 3.16. The number of carbonyl (C=O) groups is 2. The van der Waals surface area contributed by atoms with Crippen LogP contribution in [-0.4, -0.2) is 41.9 Å². The van der Waals surface area contributed by atoms with E-state index in [-0.39, 0.29) is 18.1 Å². The van der Waals surface area contributed by atoms with Crippen LogP contribution < -0.4 is 5.32 Å². The van der Waals surface area contributed by atoms with E-state index in [1.165, 1.54) is 6.92 Å². The van der Waals surface area contributed by atoms with Crippen LogP contribution in [0.2, 0.25) is 0 Å². The first kappa shape index (κ1) is 19.3. The van der Waals surface area contributed by atoms with Gasteiger partial charge >= 0.3 is 0 Å². The van der Waals surface area contributed by atoms with Gasteiger partial charge in [0.2, 0.25) is 5.91 Å². The van der Waals surface area contributed by atoms with E-state index in [9.17, 15) is 9.59 Å². The fourth-order valence-electron chi connectivity index (χ4n) is 2.58. The number of rotatable bonds is 9. The molecular weight excluding hydrogens is 358 g/mol. The summed E-state index contributed by atoms with van der Waals surface area (Å²) in [7, 11) is 0. The number of carbonyl (C=O) groups excluding carboxylic acids is 2. The zero-order valence-electron chi connectivity index (χ0n) is 15.6. The van der Waals surface area contributed by atoms with Crippen molar-refractivity contribution in [2.75, 3.05) is 5.32 Å². The molecule has 0 saturated carbocycles. The van der Waals surface area contributed by atoms with Crippen LogP contribution in [0, 0.1) is 0 Å². The number of pyridine rings is 1. The number of anilines is 1. The summed E-state index contributed by atoms with van der Waals surface area (Å²) in [6.45, 7) is 2.16. The maximum atomic E-state index is 12.0. The zero-order valence-corrected chi connectivity index (χ0v) is 15.6. The van der Waals surface area contributed by atoms with Gasteiger partial charge < -0.3 is 5.32 Å². The van der Waals surface area contributed by atoms with Gasteiger partial charge in [0.15, 0.2) is 11.6 Å². The fourth-order valence-corrected chi connectivity index (χ4v) is 2.58. The van der Waals surface area contributed by atoms with Crippen LogP contribution in [0.25, 0.3) is 0 Å². The first-order valence-corrected chi connectivity index (χ1v) is 9.02. The summed E-state index contributed by atoms with van der Waals surface area (Å²) >= 11 is 0. The Hall–Kier alpha value is -3.49. The summed E-state index contributed by atoms with van der Waals surface area (Å²) in [6, 6.07) is 7.25. The highest BCUT2D eigenvalue weighted by atomic mass is 16.1. The van der Waals surface area contributed by atoms with Crippen molar-refractivity contribution >= 4 is 17.5 Å². The van der Waals surface area contributed by atoms with Crippen LogP contribution in [0.3, 0.4) is 0 Å². The van der Waals surface area contributed by atoms with E-state index >= 15 is 0 Å². The Morgan fingerprint density at radius 3 is 2.68 bits per heavy atom. The molecule has 0 spiro atoms. The van der Waals surface area contributed by atoms with Crippen molar-refractivity contribution in [2.24, 2.45) is 0 Å². The van der Waals surface area contributed by atoms with Gasteiger partial charge in [-0.1, -0.05) is 11.3 Å². The molecule has 0 radical (unpaired) electrons. The maximum absolute atomic E-state index is 12.0. The number of nitrogens with one attached hydrogen (secondary N) is 1. The summed E-state index contributed by atoms with van der Waals surface area (Å²) in [5, 5.41) is 18.7. The molecular formula is C19H21N7O2. The van der Waals surface area contributed by atoms with E-state index < -0.39 is 0 Å². The number of aryl methyl sites for hydroxylation is 2. The number of unbranched alkanes of at least 4 members (excludes halogenated alkanes) is 1. The average molecular weight is 379 g/mol. The minimum atomic E-state index is -0.159. The standard InChI is InChI=1S/C19H21N7O2/c1-14(27)17-13-26(25-23-17)10-3-2-6-16-7-8-18(24-22-16)21-19(28)11-15-5-4-9-20-12-15/h4-5,7-9,12-13H,2-3,6,10-11H2,1H3,(H,21,24,28). The zero-order chi connectivity index (χ0) is 19.8. The van der Waals surface area contributed by atoms with Gasteiger partial charge in [-0.3, -0.25) is 19.3 Å². The molecule has 9 heteroatoms. The fraction of sp³-hybridized carbons (Fsp3) is 0.316. The number of aromatic nitrogens is 6. The third-order valence-corrected chi connectivity index (χ3v) is 4.04. The number of hydrogen-bond acceptors (Lipinski definition) is 7. The Bertz CT molecular complexity index is 923. The van der Waals surface area contributed by atoms with Crippen molar-refractivity contribution in [1.82, 2.24) is 30.2 Å². The lowest BCUT2D eigenvalue weighted by molar-refractivity contribution is -0.115. The van der Waals surface area contributed by atoms with Gasteiger partial charge in [0, 0.05) is 25.9 Å². The molecule has 144 valence electrons. The second kappa shape index (κ2) is 9.45. The first-order valence-electron chi connectivity index (χ1n) is 9.02. The van der Waals surface area contributed by atoms with Crippen molar-refractivity contribution < 1.29 is 9.59 Å². The third-order valence-electron chi connectivity index (χ3n) is 4.04. The molecule has 0 fully saturated rings. The molecule has 0 aliphatic heterocycles. The van der Waals surface area contributed by atoms with Gasteiger partial charge in [0.05, 0.1) is 18.3 Å². The van der Waals surface area contributed by atoms with E-state index in [2.05, 4.69) is 30.8 Å². The summed E-state index contributed by atoms with van der Waals surface area (Å²) in [4.78, 5) is 27.2. The van der Waals surface area contributed by atoms with Crippen LogP contribution >= 0.6 is 0 Å². The lowest BCUT2D eigenvalue weighted by Gasteiger charge is -2.05. The van der Waals surface area contributed by atoms with Gasteiger partial charge in [-0.25, -0.2) is 0 Å². The van der Waals surface area contributed by atoms with Crippen LogP contribution in [-0.2, 0) is 24.2 Å². The van der Waals surface area contributed by atoms with Gasteiger partial charge in [-0.05, 0) is 43.0 Å². The van der Waals surface area contributed by atoms with E-state index in [0.29, 0.717) is 18.1 Å². The molecule has 0 unspecified atom stereocenters. The van der Waals surface area contributed by atoms with E-state index in [1.807, 2.05) is 12.1 Å². The molecule has 1 N–H and O–H groups in total. The SMILES string of the molecule is CC(=O)c1cn(CCCCc2ccc(NC(=O)Cc3cccnc3)nn2)nn1. The van der Waals surface area contributed by atoms with Crippen LogP contribution in [0.4, 0.5) is 5.82 Å². The molecule has 3 aromatic heterocycles. The normalized spacial score (nSPS) is 10.6. The molecule has 0 atom stereocenters. The molecule has 0 aliphatic rings. The van der Waals surface area contributed by atoms with Gasteiger partial charge in [-0.15, -0.1) is 10.2 Å². The topological polar surface area (TPSA) is 116 Å². The highest BCUT2D eigenvalue weighted by Gasteiger charge is 2.07. The second-order valence-electron chi connectivity index (χ2n) is 6.38. The molecule has 0 aromatic carbocycles. The Labute approximate surface area is 162 Å². The smallest absolute Gasteiger partial charge is 0.230 e. The van der Waals surface area contributed by atoms with E-state index in [1.54, 1.807) is 35.4 Å². The molecule has 9 nitrogen and oxygen atoms in total.